The Morgan fingerprint density at radius 1 is 0.852 bits per heavy atom. The van der Waals surface area contributed by atoms with Crippen LogP contribution >= 0.6 is 11.6 Å². The highest BCUT2D eigenvalue weighted by Gasteiger charge is 2.34. The first kappa shape index (κ1) is 41.3. The van der Waals surface area contributed by atoms with Crippen molar-refractivity contribution >= 4 is 52.6 Å². The molecule has 54 heavy (non-hydrogen) atoms. The first-order valence-corrected chi connectivity index (χ1v) is 17.5. The number of hydrogen-bond acceptors (Lipinski definition) is 11. The summed E-state index contributed by atoms with van der Waals surface area (Å²) in [5.41, 5.74) is -0.0865. The number of ether oxygens (including phenoxy) is 6. The number of alkyl carbamates (subject to hydrolysis) is 1. The van der Waals surface area contributed by atoms with Gasteiger partial charge in [0.25, 0.3) is 5.91 Å². The molecule has 2 atom stereocenters. The van der Waals surface area contributed by atoms with E-state index in [4.69, 9.17) is 40.0 Å². The van der Waals surface area contributed by atoms with Crippen molar-refractivity contribution in [1.82, 2.24) is 5.32 Å². The maximum atomic E-state index is 13.5. The van der Waals surface area contributed by atoms with E-state index in [0.29, 0.717) is 17.0 Å². The van der Waals surface area contributed by atoms with Gasteiger partial charge in [0.05, 0.1) is 38.3 Å². The number of rotatable bonds is 12. The summed E-state index contributed by atoms with van der Waals surface area (Å²) < 4.78 is 33.2. The van der Waals surface area contributed by atoms with Crippen LogP contribution in [-0.4, -0.2) is 68.2 Å². The number of ketones is 1. The summed E-state index contributed by atoms with van der Waals surface area (Å²) in [5, 5.41) is 8.10. The van der Waals surface area contributed by atoms with Gasteiger partial charge in [0, 0.05) is 23.9 Å². The van der Waals surface area contributed by atoms with Gasteiger partial charge >= 0.3 is 12.1 Å². The molecule has 0 spiro atoms. The summed E-state index contributed by atoms with van der Waals surface area (Å²) in [6.07, 6.45) is -1.80. The second-order valence-electron chi connectivity index (χ2n) is 14.3. The van der Waals surface area contributed by atoms with E-state index in [9.17, 15) is 24.0 Å². The van der Waals surface area contributed by atoms with Crippen LogP contribution in [0, 0.1) is 0 Å². The number of carbonyl (C=O) groups excluding carboxylic acids is 5. The van der Waals surface area contributed by atoms with E-state index in [1.807, 2.05) is 0 Å². The highest BCUT2D eigenvalue weighted by molar-refractivity contribution is 6.34. The Morgan fingerprint density at radius 3 is 2.15 bits per heavy atom. The van der Waals surface area contributed by atoms with Gasteiger partial charge in [-0.1, -0.05) is 23.7 Å². The Morgan fingerprint density at radius 2 is 1.52 bits per heavy atom. The van der Waals surface area contributed by atoms with Crippen LogP contribution in [0.4, 0.5) is 16.2 Å². The fourth-order valence-electron chi connectivity index (χ4n) is 5.54. The highest BCUT2D eigenvalue weighted by atomic mass is 35.5. The number of benzene rings is 3. The Kier molecular flexibility index (Phi) is 13.1. The van der Waals surface area contributed by atoms with Gasteiger partial charge in [0.1, 0.15) is 34.7 Å². The van der Waals surface area contributed by atoms with Crippen molar-refractivity contribution in [3.05, 3.63) is 70.2 Å². The Labute approximate surface area is 319 Å². The number of hydrogen-bond donors (Lipinski definition) is 3. The predicted octanol–water partition coefficient (Wildman–Crippen LogP) is 7.28. The lowest BCUT2D eigenvalue weighted by molar-refractivity contribution is -0.155. The number of nitrogens with one attached hydrogen (secondary N) is 3. The van der Waals surface area contributed by atoms with Gasteiger partial charge in [-0.25, -0.2) is 4.79 Å². The molecule has 0 radical (unpaired) electrons. The molecular weight excluding hydrogens is 722 g/mol. The van der Waals surface area contributed by atoms with Crippen molar-refractivity contribution in [3.8, 4) is 23.0 Å². The average molecular weight is 768 g/mol. The summed E-state index contributed by atoms with van der Waals surface area (Å²) in [6, 6.07) is 11.5. The summed E-state index contributed by atoms with van der Waals surface area (Å²) >= 11 is 6.43. The van der Waals surface area contributed by atoms with E-state index in [1.54, 1.807) is 71.9 Å². The number of fused-ring (bicyclic) bond motifs is 1. The van der Waals surface area contributed by atoms with Crippen molar-refractivity contribution in [1.29, 1.82) is 0 Å². The minimum absolute atomic E-state index is 0.00856. The third-order valence-electron chi connectivity index (χ3n) is 7.77. The molecule has 290 valence electrons. The second kappa shape index (κ2) is 17.1. The molecule has 14 nitrogen and oxygen atoms in total. The standard InChI is InChI=1S/C39H46ClN3O11/c1-38(2,3)53-31(45)16-15-26(43-37(48)54-39(4,5)6)36(47)42-23-13-14-25(40)24(18-23)35(46)41-22-12-10-11-21(17-22)28-19-27(44)32-29(52-28)20-30(49-7)33(50-8)34(32)51-9/h10-14,17-18,20,26,28H,15-16,19H2,1-9H3,(H,41,46)(H,42,47)(H,43,48)/t26-,28?/m0/s1. The van der Waals surface area contributed by atoms with Crippen LogP contribution in [0.1, 0.15) is 93.2 Å². The molecule has 1 unspecified atom stereocenters. The lowest BCUT2D eigenvalue weighted by Crippen LogP contribution is -2.46. The molecule has 0 saturated heterocycles. The molecule has 0 aromatic heterocycles. The normalized spacial score (nSPS) is 14.4. The largest absolute Gasteiger partial charge is 0.493 e. The van der Waals surface area contributed by atoms with E-state index >= 15 is 0 Å². The summed E-state index contributed by atoms with van der Waals surface area (Å²) in [6.45, 7) is 10.2. The van der Waals surface area contributed by atoms with E-state index in [2.05, 4.69) is 16.0 Å². The molecule has 3 amide bonds. The van der Waals surface area contributed by atoms with Gasteiger partial charge in [-0.05, 0) is 83.9 Å². The minimum atomic E-state index is -1.19. The molecule has 1 heterocycles. The van der Waals surface area contributed by atoms with Crippen LogP contribution in [0.25, 0.3) is 0 Å². The fourth-order valence-corrected chi connectivity index (χ4v) is 5.74. The molecule has 4 rings (SSSR count). The van der Waals surface area contributed by atoms with Crippen LogP contribution in [0.3, 0.4) is 0 Å². The van der Waals surface area contributed by atoms with Gasteiger partial charge in [-0.3, -0.25) is 19.2 Å². The molecule has 0 saturated carbocycles. The molecule has 0 aliphatic carbocycles. The first-order valence-electron chi connectivity index (χ1n) is 17.1. The van der Waals surface area contributed by atoms with E-state index < -0.39 is 47.2 Å². The number of esters is 1. The lowest BCUT2D eigenvalue weighted by atomic mass is 9.94. The summed E-state index contributed by atoms with van der Waals surface area (Å²) in [7, 11) is 4.33. The quantitative estimate of drug-likeness (QED) is 0.158. The van der Waals surface area contributed by atoms with E-state index in [-0.39, 0.29) is 64.1 Å². The van der Waals surface area contributed by atoms with E-state index in [1.165, 1.54) is 39.5 Å². The minimum Gasteiger partial charge on any atom is -0.493 e. The van der Waals surface area contributed by atoms with Crippen molar-refractivity contribution in [3.63, 3.8) is 0 Å². The molecule has 3 N–H and O–H groups in total. The number of halogens is 1. The van der Waals surface area contributed by atoms with Crippen molar-refractivity contribution in [2.24, 2.45) is 0 Å². The van der Waals surface area contributed by atoms with Crippen molar-refractivity contribution in [2.75, 3.05) is 32.0 Å². The summed E-state index contributed by atoms with van der Waals surface area (Å²) in [5.74, 6) is -0.954. The Bertz CT molecular complexity index is 1920. The predicted molar refractivity (Wildman–Crippen MR) is 201 cm³/mol. The molecule has 1 aliphatic rings. The zero-order chi connectivity index (χ0) is 40.0. The molecule has 3 aromatic carbocycles. The molecule has 1 aliphatic heterocycles. The average Bonchev–Trinajstić information content (AvgIpc) is 3.08. The Balaban J connectivity index is 1.50. The maximum Gasteiger partial charge on any atom is 0.408 e. The topological polar surface area (TPSA) is 177 Å². The SMILES string of the molecule is COc1cc2c(c(OC)c1OC)C(=O)CC(c1cccc(NC(=O)c3cc(NC(=O)[C@H](CCC(=O)OC(C)(C)C)NC(=O)OC(C)(C)C)ccc3Cl)c1)O2. The summed E-state index contributed by atoms with van der Waals surface area (Å²) in [4.78, 5) is 65.3. The molecular formula is C39H46ClN3O11. The smallest absolute Gasteiger partial charge is 0.408 e. The third-order valence-corrected chi connectivity index (χ3v) is 8.10. The van der Waals surface area contributed by atoms with Crippen LogP contribution in [0.5, 0.6) is 23.0 Å². The van der Waals surface area contributed by atoms with Gasteiger partial charge in [0.15, 0.2) is 17.3 Å². The fraction of sp³-hybridized carbons (Fsp3) is 0.410. The monoisotopic (exact) mass is 767 g/mol. The lowest BCUT2D eigenvalue weighted by Gasteiger charge is -2.28. The van der Waals surface area contributed by atoms with Gasteiger partial charge < -0.3 is 44.4 Å². The van der Waals surface area contributed by atoms with Crippen LogP contribution < -0.4 is 34.9 Å². The molecule has 3 aromatic rings. The molecule has 0 bridgehead atoms. The first-order chi connectivity index (χ1) is 25.3. The van der Waals surface area contributed by atoms with Crippen molar-refractivity contribution < 1.29 is 52.4 Å². The zero-order valence-electron chi connectivity index (χ0n) is 31.8. The van der Waals surface area contributed by atoms with Crippen LogP contribution in [-0.2, 0) is 19.1 Å². The van der Waals surface area contributed by atoms with Crippen molar-refractivity contribution in [2.45, 2.75) is 84.2 Å². The third kappa shape index (κ3) is 10.8. The number of anilines is 2. The number of carbonyl (C=O) groups is 5. The zero-order valence-corrected chi connectivity index (χ0v) is 32.5. The highest BCUT2D eigenvalue weighted by Crippen LogP contribution is 2.49. The number of methoxy groups -OCH3 is 3. The maximum absolute atomic E-state index is 13.5. The second-order valence-corrected chi connectivity index (χ2v) is 14.7. The van der Waals surface area contributed by atoms with Gasteiger partial charge in [0.2, 0.25) is 11.7 Å². The van der Waals surface area contributed by atoms with Gasteiger partial charge in [-0.2, -0.15) is 0 Å². The van der Waals surface area contributed by atoms with Gasteiger partial charge in [-0.15, -0.1) is 0 Å². The number of Topliss-reactive ketones (excluding diaryl/α,β-unsaturated/α-hetero) is 1. The number of amides is 3. The van der Waals surface area contributed by atoms with Crippen LogP contribution in [0.2, 0.25) is 5.02 Å². The van der Waals surface area contributed by atoms with Crippen LogP contribution in [0.15, 0.2) is 48.5 Å². The Hall–Kier alpha value is -5.50. The molecule has 15 heteroatoms. The molecule has 0 fully saturated rings. The van der Waals surface area contributed by atoms with E-state index in [0.717, 1.165) is 0 Å².